The van der Waals surface area contributed by atoms with Crippen LogP contribution in [0, 0.1) is 5.82 Å². The highest BCUT2D eigenvalue weighted by molar-refractivity contribution is 5.82. The van der Waals surface area contributed by atoms with E-state index in [0.29, 0.717) is 24.3 Å². The van der Waals surface area contributed by atoms with Gasteiger partial charge in [0.2, 0.25) is 5.91 Å². The zero-order chi connectivity index (χ0) is 18.8. The highest BCUT2D eigenvalue weighted by Crippen LogP contribution is 2.40. The second-order valence-corrected chi connectivity index (χ2v) is 7.32. The van der Waals surface area contributed by atoms with E-state index >= 15 is 0 Å². The number of hydrogen-bond donors (Lipinski definition) is 1. The topological polar surface area (TPSA) is 54.5 Å². The number of likely N-dealkylation sites (tertiary alicyclic amines) is 1. The number of benzene rings is 1. The Morgan fingerprint density at radius 1 is 1.30 bits per heavy atom. The van der Waals surface area contributed by atoms with E-state index in [4.69, 9.17) is 4.74 Å². The summed E-state index contributed by atoms with van der Waals surface area (Å²) in [7, 11) is 1.99. The first-order chi connectivity index (χ1) is 13.1. The zero-order valence-corrected chi connectivity index (χ0v) is 15.5. The molecule has 2 aliphatic rings. The van der Waals surface area contributed by atoms with E-state index < -0.39 is 0 Å². The van der Waals surface area contributed by atoms with Gasteiger partial charge >= 0.3 is 0 Å². The Balaban J connectivity index is 1.45. The van der Waals surface area contributed by atoms with E-state index in [0.717, 1.165) is 36.9 Å². The molecule has 3 heterocycles. The van der Waals surface area contributed by atoms with Crippen molar-refractivity contribution in [1.82, 2.24) is 15.2 Å². The van der Waals surface area contributed by atoms with Crippen LogP contribution in [0.3, 0.4) is 0 Å². The summed E-state index contributed by atoms with van der Waals surface area (Å²) >= 11 is 0. The number of carbonyl (C=O) groups is 1. The van der Waals surface area contributed by atoms with Crippen molar-refractivity contribution in [2.75, 3.05) is 20.1 Å². The van der Waals surface area contributed by atoms with Crippen molar-refractivity contribution < 1.29 is 13.9 Å². The molecule has 5 nitrogen and oxygen atoms in total. The highest BCUT2D eigenvalue weighted by Gasteiger charge is 2.31. The van der Waals surface area contributed by atoms with Gasteiger partial charge in [-0.1, -0.05) is 6.42 Å². The maximum absolute atomic E-state index is 14.3. The molecule has 1 fully saturated rings. The number of pyridine rings is 1. The van der Waals surface area contributed by atoms with Crippen molar-refractivity contribution in [2.45, 2.75) is 37.8 Å². The molecule has 142 valence electrons. The van der Waals surface area contributed by atoms with E-state index in [1.165, 1.54) is 6.07 Å². The molecule has 6 heteroatoms. The predicted octanol–water partition coefficient (Wildman–Crippen LogP) is 2.79. The molecule has 2 unspecified atom stereocenters. The maximum Gasteiger partial charge on any atom is 0.237 e. The molecular weight excluding hydrogens is 345 g/mol. The Hall–Kier alpha value is -2.47. The molecule has 2 aliphatic heterocycles. The number of ether oxygens (including phenoxy) is 1. The van der Waals surface area contributed by atoms with Gasteiger partial charge in [0.25, 0.3) is 0 Å². The standard InChI is InChI=1S/C21H24FN3O2/c1-25-11-3-2-4-19(25)21(26)24-13-15-12-17-18(22)6-5-16(20(17)27-15)14-7-9-23-10-8-14/h5-10,15,19H,2-4,11-13H2,1H3,(H,24,26). The van der Waals surface area contributed by atoms with Gasteiger partial charge in [-0.2, -0.15) is 0 Å². The summed E-state index contributed by atoms with van der Waals surface area (Å²) in [6.07, 6.45) is 6.72. The Bertz CT molecular complexity index is 828. The van der Waals surface area contributed by atoms with Crippen LogP contribution in [-0.4, -0.2) is 48.1 Å². The third-order valence-electron chi connectivity index (χ3n) is 5.49. The van der Waals surface area contributed by atoms with Gasteiger partial charge in [0.15, 0.2) is 0 Å². The van der Waals surface area contributed by atoms with Gasteiger partial charge in [-0.15, -0.1) is 0 Å². The lowest BCUT2D eigenvalue weighted by Crippen LogP contribution is -2.49. The number of fused-ring (bicyclic) bond motifs is 1. The average molecular weight is 369 g/mol. The number of nitrogens with zero attached hydrogens (tertiary/aromatic N) is 2. The smallest absolute Gasteiger partial charge is 0.237 e. The van der Waals surface area contributed by atoms with Crippen molar-refractivity contribution in [3.05, 3.63) is 48.0 Å². The minimum Gasteiger partial charge on any atom is -0.487 e. The van der Waals surface area contributed by atoms with Crippen LogP contribution < -0.4 is 10.1 Å². The number of nitrogens with one attached hydrogen (secondary N) is 1. The van der Waals surface area contributed by atoms with E-state index in [1.807, 2.05) is 19.2 Å². The van der Waals surface area contributed by atoms with Crippen LogP contribution in [0.25, 0.3) is 11.1 Å². The van der Waals surface area contributed by atoms with Gasteiger partial charge in [-0.25, -0.2) is 4.39 Å². The van der Waals surface area contributed by atoms with Crippen molar-refractivity contribution in [3.63, 3.8) is 0 Å². The lowest BCUT2D eigenvalue weighted by Gasteiger charge is -2.31. The summed E-state index contributed by atoms with van der Waals surface area (Å²) in [5, 5.41) is 3.00. The van der Waals surface area contributed by atoms with Gasteiger partial charge in [-0.05, 0) is 56.3 Å². The van der Waals surface area contributed by atoms with Crippen molar-refractivity contribution in [2.24, 2.45) is 0 Å². The number of likely N-dealkylation sites (N-methyl/N-ethyl adjacent to an activating group) is 1. The van der Waals surface area contributed by atoms with Crippen LogP contribution >= 0.6 is 0 Å². The summed E-state index contributed by atoms with van der Waals surface area (Å²) < 4.78 is 20.4. The molecule has 0 bridgehead atoms. The molecule has 0 saturated carbocycles. The molecule has 1 aromatic heterocycles. The zero-order valence-electron chi connectivity index (χ0n) is 15.5. The lowest BCUT2D eigenvalue weighted by atomic mass is 10.0. The van der Waals surface area contributed by atoms with Crippen molar-refractivity contribution >= 4 is 5.91 Å². The minimum absolute atomic E-state index is 0.0339. The molecule has 27 heavy (non-hydrogen) atoms. The first-order valence-corrected chi connectivity index (χ1v) is 9.50. The molecule has 2 aromatic rings. The molecule has 1 aromatic carbocycles. The van der Waals surface area contributed by atoms with Crippen LogP contribution in [0.15, 0.2) is 36.7 Å². The molecule has 0 spiro atoms. The summed E-state index contributed by atoms with van der Waals surface area (Å²) in [6, 6.07) is 6.90. The quantitative estimate of drug-likeness (QED) is 0.900. The number of amides is 1. The van der Waals surface area contributed by atoms with Crippen molar-refractivity contribution in [1.29, 1.82) is 0 Å². The lowest BCUT2D eigenvalue weighted by molar-refractivity contribution is -0.127. The molecular formula is C21H24FN3O2. The predicted molar refractivity (Wildman–Crippen MR) is 101 cm³/mol. The molecule has 0 aliphatic carbocycles. The first kappa shape index (κ1) is 17.9. The second-order valence-electron chi connectivity index (χ2n) is 7.32. The second kappa shape index (κ2) is 7.64. The van der Waals surface area contributed by atoms with Crippen LogP contribution in [0.5, 0.6) is 5.75 Å². The average Bonchev–Trinajstić information content (AvgIpc) is 3.12. The number of carbonyl (C=O) groups excluding carboxylic acids is 1. The number of rotatable bonds is 4. The van der Waals surface area contributed by atoms with Gasteiger partial charge in [-0.3, -0.25) is 14.7 Å². The largest absolute Gasteiger partial charge is 0.487 e. The van der Waals surface area contributed by atoms with E-state index in [9.17, 15) is 9.18 Å². The Labute approximate surface area is 158 Å². The van der Waals surface area contributed by atoms with Crippen molar-refractivity contribution in [3.8, 4) is 16.9 Å². The highest BCUT2D eigenvalue weighted by atomic mass is 19.1. The fourth-order valence-corrected chi connectivity index (χ4v) is 3.98. The van der Waals surface area contributed by atoms with E-state index in [1.54, 1.807) is 18.5 Å². The van der Waals surface area contributed by atoms with Gasteiger partial charge in [0.05, 0.1) is 12.6 Å². The van der Waals surface area contributed by atoms with E-state index in [2.05, 4.69) is 15.2 Å². The fraction of sp³-hybridized carbons (Fsp3) is 0.429. The van der Waals surface area contributed by atoms with Gasteiger partial charge in [0.1, 0.15) is 17.7 Å². The molecule has 1 amide bonds. The number of halogens is 1. The summed E-state index contributed by atoms with van der Waals surface area (Å²) in [6.45, 7) is 1.33. The molecule has 0 radical (unpaired) electrons. The Kier molecular flexibility index (Phi) is 5.07. The number of hydrogen-bond acceptors (Lipinski definition) is 4. The third kappa shape index (κ3) is 3.67. The molecule has 4 rings (SSSR count). The molecule has 1 N–H and O–H groups in total. The Morgan fingerprint density at radius 2 is 2.11 bits per heavy atom. The normalized spacial score (nSPS) is 22.1. The van der Waals surface area contributed by atoms with Crippen LogP contribution in [0.4, 0.5) is 4.39 Å². The SMILES string of the molecule is CN1CCCCC1C(=O)NCC1Cc2c(F)ccc(-c3ccncc3)c2O1. The molecule has 1 saturated heterocycles. The van der Waals surface area contributed by atoms with Crippen LogP contribution in [0.2, 0.25) is 0 Å². The summed E-state index contributed by atoms with van der Waals surface area (Å²) in [5.74, 6) is 0.352. The number of piperidine rings is 1. The monoisotopic (exact) mass is 369 g/mol. The van der Waals surface area contributed by atoms with Gasteiger partial charge < -0.3 is 10.1 Å². The third-order valence-corrected chi connectivity index (χ3v) is 5.49. The summed E-state index contributed by atoms with van der Waals surface area (Å²) in [4.78, 5) is 18.6. The van der Waals surface area contributed by atoms with Crippen LogP contribution in [0.1, 0.15) is 24.8 Å². The first-order valence-electron chi connectivity index (χ1n) is 9.50. The van der Waals surface area contributed by atoms with E-state index in [-0.39, 0.29) is 23.9 Å². The fourth-order valence-electron chi connectivity index (χ4n) is 3.98. The maximum atomic E-state index is 14.3. The Morgan fingerprint density at radius 3 is 2.89 bits per heavy atom. The summed E-state index contributed by atoms with van der Waals surface area (Å²) in [5.41, 5.74) is 2.38. The van der Waals surface area contributed by atoms with Gasteiger partial charge in [0, 0.05) is 29.9 Å². The minimum atomic E-state index is -0.261. The van der Waals surface area contributed by atoms with Crippen LogP contribution in [-0.2, 0) is 11.2 Å². The molecule has 2 atom stereocenters. The number of aromatic nitrogens is 1.